The van der Waals surface area contributed by atoms with Crippen molar-refractivity contribution in [3.8, 4) is 5.75 Å². The van der Waals surface area contributed by atoms with Crippen molar-refractivity contribution in [3.63, 3.8) is 0 Å². The zero-order chi connectivity index (χ0) is 29.1. The molecule has 3 aliphatic rings. The van der Waals surface area contributed by atoms with Gasteiger partial charge in [0.1, 0.15) is 11.9 Å². The minimum Gasteiger partial charge on any atom is -0.497 e. The molecule has 1 aliphatic carbocycles. The van der Waals surface area contributed by atoms with Gasteiger partial charge in [0.25, 0.3) is 0 Å². The van der Waals surface area contributed by atoms with Gasteiger partial charge in [0.15, 0.2) is 6.29 Å². The summed E-state index contributed by atoms with van der Waals surface area (Å²) in [7, 11) is -2.43. The van der Waals surface area contributed by atoms with Crippen LogP contribution >= 0.6 is 0 Å². The SMILES string of the molecule is COc1ccc(S(=O)(=O)N(CC(C)C)C[C@@H](O)[C@H](Cc2ccccc2)NC(=O)O[C@@H]2C3CO[C@H]4OCC2C4C3)cc1. The second-order valence-corrected chi connectivity index (χ2v) is 13.6. The van der Waals surface area contributed by atoms with Crippen molar-refractivity contribution in [1.29, 1.82) is 0 Å². The van der Waals surface area contributed by atoms with Crippen molar-refractivity contribution in [3.05, 3.63) is 60.2 Å². The number of alkyl carbamates (subject to hydrolysis) is 1. The molecule has 2 aromatic rings. The molecular weight excluding hydrogens is 548 g/mol. The van der Waals surface area contributed by atoms with Crippen LogP contribution in [0.3, 0.4) is 0 Å². The fourth-order valence-corrected chi connectivity index (χ4v) is 7.84. The number of ether oxygens (including phenoxy) is 4. The van der Waals surface area contributed by atoms with E-state index in [9.17, 15) is 18.3 Å². The van der Waals surface area contributed by atoms with Crippen LogP contribution in [0.25, 0.3) is 0 Å². The Bertz CT molecular complexity index is 1270. The maximum absolute atomic E-state index is 13.7. The van der Waals surface area contributed by atoms with Crippen LogP contribution in [0.5, 0.6) is 5.75 Å². The van der Waals surface area contributed by atoms with E-state index in [0.717, 1.165) is 12.0 Å². The second-order valence-electron chi connectivity index (χ2n) is 11.6. The largest absolute Gasteiger partial charge is 0.497 e. The molecule has 2 bridgehead atoms. The summed E-state index contributed by atoms with van der Waals surface area (Å²) in [5.41, 5.74) is 0.891. The molecule has 2 heterocycles. The highest BCUT2D eigenvalue weighted by molar-refractivity contribution is 7.89. The van der Waals surface area contributed by atoms with Crippen LogP contribution in [0.15, 0.2) is 59.5 Å². The molecule has 2 aromatic carbocycles. The lowest BCUT2D eigenvalue weighted by molar-refractivity contribution is -0.169. The first-order valence-corrected chi connectivity index (χ1v) is 15.7. The van der Waals surface area contributed by atoms with Gasteiger partial charge in [-0.15, -0.1) is 0 Å². The molecule has 224 valence electrons. The lowest BCUT2D eigenvalue weighted by Crippen LogP contribution is -2.52. The van der Waals surface area contributed by atoms with Crippen molar-refractivity contribution in [2.45, 2.75) is 56.1 Å². The van der Waals surface area contributed by atoms with Gasteiger partial charge in [-0.2, -0.15) is 4.31 Å². The number of carbonyl (C=O) groups is 1. The summed E-state index contributed by atoms with van der Waals surface area (Å²) in [4.78, 5) is 13.3. The van der Waals surface area contributed by atoms with Crippen molar-refractivity contribution >= 4 is 16.1 Å². The Morgan fingerprint density at radius 1 is 1.05 bits per heavy atom. The number of nitrogens with zero attached hydrogens (tertiary/aromatic N) is 1. The molecule has 10 nitrogen and oxygen atoms in total. The fraction of sp³-hybridized carbons (Fsp3) is 0.567. The van der Waals surface area contributed by atoms with Gasteiger partial charge in [-0.3, -0.25) is 0 Å². The number of hydrogen-bond donors (Lipinski definition) is 2. The average Bonchev–Trinajstić information content (AvgIpc) is 3.49. The highest BCUT2D eigenvalue weighted by atomic mass is 32.2. The first kappa shape index (κ1) is 29.8. The topological polar surface area (TPSA) is 124 Å². The standard InChI is InChI=1S/C30H40N2O8S/c1-19(2)15-32(41(35,36)23-11-9-22(37-3)10-12-23)16-27(33)26(13-20-7-5-4-6-8-20)31-30(34)40-28-21-14-24-25(28)18-39-29(24)38-17-21/h4-12,19,21,24-29,33H,13-18H2,1-3H3,(H,31,34)/t21?,24?,25?,26-,27+,28+,29-/m0/s1. The van der Waals surface area contributed by atoms with Gasteiger partial charge in [0.2, 0.25) is 10.0 Å². The highest BCUT2D eigenvalue weighted by Crippen LogP contribution is 2.49. The predicted octanol–water partition coefficient (Wildman–Crippen LogP) is 3.05. The normalized spacial score (nSPS) is 26.6. The number of aliphatic hydroxyl groups is 1. The van der Waals surface area contributed by atoms with Crippen LogP contribution in [0.4, 0.5) is 4.79 Å². The number of benzene rings is 2. The molecule has 41 heavy (non-hydrogen) atoms. The third kappa shape index (κ3) is 6.70. The molecule has 0 radical (unpaired) electrons. The molecule has 1 saturated carbocycles. The molecule has 3 fully saturated rings. The highest BCUT2D eigenvalue weighted by Gasteiger charge is 2.56. The number of sulfonamides is 1. The summed E-state index contributed by atoms with van der Waals surface area (Å²) in [5, 5.41) is 14.3. The number of aliphatic hydroxyl groups excluding tert-OH is 1. The Morgan fingerprint density at radius 2 is 1.76 bits per heavy atom. The summed E-state index contributed by atoms with van der Waals surface area (Å²) in [5.74, 6) is 0.978. The molecule has 2 N–H and O–H groups in total. The Labute approximate surface area is 242 Å². The van der Waals surface area contributed by atoms with Gasteiger partial charge in [-0.05, 0) is 48.6 Å². The van der Waals surface area contributed by atoms with E-state index in [2.05, 4.69) is 5.32 Å². The number of fused-ring (bicyclic) bond motifs is 1. The van der Waals surface area contributed by atoms with Crippen LogP contribution in [0.1, 0.15) is 25.8 Å². The summed E-state index contributed by atoms with van der Waals surface area (Å²) in [6, 6.07) is 14.8. The zero-order valence-electron chi connectivity index (χ0n) is 23.7. The van der Waals surface area contributed by atoms with Crippen molar-refractivity contribution in [2.75, 3.05) is 33.4 Å². The van der Waals surface area contributed by atoms with Crippen LogP contribution in [0.2, 0.25) is 0 Å². The van der Waals surface area contributed by atoms with Crippen molar-refractivity contribution in [1.82, 2.24) is 9.62 Å². The molecule has 2 saturated heterocycles. The zero-order valence-corrected chi connectivity index (χ0v) is 24.5. The van der Waals surface area contributed by atoms with E-state index >= 15 is 0 Å². The van der Waals surface area contributed by atoms with Gasteiger partial charge in [-0.25, -0.2) is 13.2 Å². The minimum absolute atomic E-state index is 0.00196. The van der Waals surface area contributed by atoms with Crippen LogP contribution < -0.4 is 10.1 Å². The van der Waals surface area contributed by atoms with E-state index in [1.807, 2.05) is 44.2 Å². The number of nitrogens with one attached hydrogen (secondary N) is 1. The van der Waals surface area contributed by atoms with Gasteiger partial charge >= 0.3 is 6.09 Å². The fourth-order valence-electron chi connectivity index (χ4n) is 6.22. The molecule has 7 atom stereocenters. The first-order valence-electron chi connectivity index (χ1n) is 14.2. The number of methoxy groups -OCH3 is 1. The molecule has 5 rings (SSSR count). The monoisotopic (exact) mass is 588 g/mol. The number of amides is 1. The van der Waals surface area contributed by atoms with E-state index in [0.29, 0.717) is 25.4 Å². The quantitative estimate of drug-likeness (QED) is 0.388. The molecule has 11 heteroatoms. The van der Waals surface area contributed by atoms with Crippen LogP contribution in [-0.4, -0.2) is 81.9 Å². The lowest BCUT2D eigenvalue weighted by atomic mass is 9.98. The van der Waals surface area contributed by atoms with Crippen molar-refractivity contribution < 1.29 is 37.3 Å². The van der Waals surface area contributed by atoms with E-state index in [-0.39, 0.29) is 54.1 Å². The Balaban J connectivity index is 1.33. The first-order chi connectivity index (χ1) is 19.7. The summed E-state index contributed by atoms with van der Waals surface area (Å²) in [6.45, 7) is 4.80. The second kappa shape index (κ2) is 12.7. The summed E-state index contributed by atoms with van der Waals surface area (Å²) in [6.07, 6.45) is -1.20. The molecular formula is C30H40N2O8S. The number of hydrogen-bond acceptors (Lipinski definition) is 8. The van der Waals surface area contributed by atoms with E-state index in [1.54, 1.807) is 12.1 Å². The molecule has 1 amide bonds. The van der Waals surface area contributed by atoms with E-state index in [4.69, 9.17) is 18.9 Å². The Hall–Kier alpha value is -2.70. The van der Waals surface area contributed by atoms with E-state index < -0.39 is 28.3 Å². The average molecular weight is 589 g/mol. The van der Waals surface area contributed by atoms with Gasteiger partial charge in [0.05, 0.1) is 37.4 Å². The van der Waals surface area contributed by atoms with Gasteiger partial charge in [-0.1, -0.05) is 44.2 Å². The maximum atomic E-state index is 13.7. The molecule has 0 aromatic heterocycles. The summed E-state index contributed by atoms with van der Waals surface area (Å²) >= 11 is 0. The number of carbonyl (C=O) groups excluding carboxylic acids is 1. The van der Waals surface area contributed by atoms with Gasteiger partial charge in [0, 0.05) is 30.8 Å². The molecule has 3 unspecified atom stereocenters. The minimum atomic E-state index is -3.94. The van der Waals surface area contributed by atoms with Crippen LogP contribution in [0, 0.1) is 23.7 Å². The Kier molecular flexibility index (Phi) is 9.20. The summed E-state index contributed by atoms with van der Waals surface area (Å²) < 4.78 is 51.2. The number of rotatable bonds is 12. The third-order valence-corrected chi connectivity index (χ3v) is 10.1. The maximum Gasteiger partial charge on any atom is 0.407 e. The van der Waals surface area contributed by atoms with Crippen LogP contribution in [-0.2, 0) is 30.7 Å². The predicted molar refractivity (Wildman–Crippen MR) is 151 cm³/mol. The third-order valence-electron chi connectivity index (χ3n) is 8.25. The Morgan fingerprint density at radius 3 is 2.44 bits per heavy atom. The van der Waals surface area contributed by atoms with Crippen molar-refractivity contribution in [2.24, 2.45) is 23.7 Å². The lowest BCUT2D eigenvalue weighted by Gasteiger charge is -2.31. The van der Waals surface area contributed by atoms with E-state index in [1.165, 1.54) is 23.5 Å². The molecule has 0 spiro atoms. The molecule has 2 aliphatic heterocycles. The smallest absolute Gasteiger partial charge is 0.407 e. The van der Waals surface area contributed by atoms with Gasteiger partial charge < -0.3 is 29.4 Å².